The van der Waals surface area contributed by atoms with Crippen LogP contribution in [0.1, 0.15) is 30.5 Å². The van der Waals surface area contributed by atoms with Gasteiger partial charge in [0.05, 0.1) is 11.4 Å². The second-order valence-electron chi connectivity index (χ2n) is 7.57. The van der Waals surface area contributed by atoms with Gasteiger partial charge < -0.3 is 5.32 Å². The second kappa shape index (κ2) is 11.4. The van der Waals surface area contributed by atoms with Crippen molar-refractivity contribution >= 4 is 53.5 Å². The van der Waals surface area contributed by atoms with Crippen molar-refractivity contribution in [2.75, 3.05) is 11.9 Å². The van der Waals surface area contributed by atoms with Crippen LogP contribution in [0.3, 0.4) is 0 Å². The summed E-state index contributed by atoms with van der Waals surface area (Å²) in [6.45, 7) is 3.84. The number of rotatable bonds is 9. The van der Waals surface area contributed by atoms with Crippen molar-refractivity contribution in [3.63, 3.8) is 0 Å². The van der Waals surface area contributed by atoms with E-state index in [9.17, 15) is 13.2 Å². The lowest BCUT2D eigenvalue weighted by atomic mass is 10.0. The van der Waals surface area contributed by atoms with E-state index in [1.807, 2.05) is 56.3 Å². The standard InChI is InChI=1S/C25H26Br2N2O3S/c1-3-19-14-22(27)15-20(4-2)25(19)28-24(30)17-29(16-18-8-6-5-7-9-18)33(31,32)23-12-10-21(26)11-13-23/h5-15H,3-4,16-17H2,1-2H3,(H,28,30). The first kappa shape index (κ1) is 25.6. The lowest BCUT2D eigenvalue weighted by Gasteiger charge is -2.23. The molecule has 0 aliphatic heterocycles. The normalized spacial score (nSPS) is 11.5. The largest absolute Gasteiger partial charge is 0.324 e. The molecule has 3 rings (SSSR count). The first-order valence-corrected chi connectivity index (χ1v) is 13.7. The smallest absolute Gasteiger partial charge is 0.243 e. The summed E-state index contributed by atoms with van der Waals surface area (Å²) >= 11 is 6.86. The van der Waals surface area contributed by atoms with Crippen LogP contribution in [0.25, 0.3) is 0 Å². The highest BCUT2D eigenvalue weighted by atomic mass is 79.9. The first-order valence-electron chi connectivity index (χ1n) is 10.6. The van der Waals surface area contributed by atoms with Crippen molar-refractivity contribution in [1.29, 1.82) is 0 Å². The fraction of sp³-hybridized carbons (Fsp3) is 0.240. The van der Waals surface area contributed by atoms with Crippen molar-refractivity contribution in [3.05, 3.63) is 92.4 Å². The number of nitrogens with zero attached hydrogens (tertiary/aromatic N) is 1. The van der Waals surface area contributed by atoms with Crippen molar-refractivity contribution in [2.24, 2.45) is 0 Å². The van der Waals surface area contributed by atoms with E-state index in [1.54, 1.807) is 12.1 Å². The molecule has 0 spiro atoms. The van der Waals surface area contributed by atoms with Gasteiger partial charge in [-0.1, -0.05) is 76.0 Å². The molecule has 0 aliphatic rings. The van der Waals surface area contributed by atoms with Gasteiger partial charge in [-0.15, -0.1) is 0 Å². The Balaban J connectivity index is 1.92. The number of halogens is 2. The van der Waals surface area contributed by atoms with E-state index in [1.165, 1.54) is 16.4 Å². The predicted octanol–water partition coefficient (Wildman–Crippen LogP) is 6.17. The summed E-state index contributed by atoms with van der Waals surface area (Å²) in [5.74, 6) is -0.377. The molecule has 0 fully saturated rings. The summed E-state index contributed by atoms with van der Waals surface area (Å²) in [6.07, 6.45) is 1.49. The van der Waals surface area contributed by atoms with Gasteiger partial charge in [0, 0.05) is 21.2 Å². The zero-order valence-corrected chi connectivity index (χ0v) is 22.5. The Kier molecular flexibility index (Phi) is 8.87. The van der Waals surface area contributed by atoms with Gasteiger partial charge >= 0.3 is 0 Å². The van der Waals surface area contributed by atoms with Gasteiger partial charge in [-0.3, -0.25) is 4.79 Å². The Bertz CT molecular complexity index is 1190. The molecule has 0 aromatic heterocycles. The zero-order valence-electron chi connectivity index (χ0n) is 18.5. The molecular formula is C25H26Br2N2O3S. The third-order valence-electron chi connectivity index (χ3n) is 5.27. The molecule has 0 bridgehead atoms. The number of carbonyl (C=O) groups is 1. The Morgan fingerprint density at radius 2 is 1.45 bits per heavy atom. The maximum Gasteiger partial charge on any atom is 0.243 e. The molecule has 0 heterocycles. The molecule has 0 saturated carbocycles. The summed E-state index contributed by atoms with van der Waals surface area (Å²) < 4.78 is 29.9. The number of anilines is 1. The molecule has 3 aromatic rings. The second-order valence-corrected chi connectivity index (χ2v) is 11.3. The molecule has 0 radical (unpaired) electrons. The average Bonchev–Trinajstić information content (AvgIpc) is 2.80. The molecule has 8 heteroatoms. The third-order valence-corrected chi connectivity index (χ3v) is 8.06. The summed E-state index contributed by atoms with van der Waals surface area (Å²) in [5.41, 5.74) is 3.56. The summed E-state index contributed by atoms with van der Waals surface area (Å²) in [7, 11) is -3.90. The first-order chi connectivity index (χ1) is 15.7. The van der Waals surface area contributed by atoms with Gasteiger partial charge in [0.15, 0.2) is 0 Å². The highest BCUT2D eigenvalue weighted by Gasteiger charge is 2.27. The molecule has 1 N–H and O–H groups in total. The van der Waals surface area contributed by atoms with E-state index in [-0.39, 0.29) is 23.9 Å². The molecule has 0 atom stereocenters. The van der Waals surface area contributed by atoms with Gasteiger partial charge in [-0.2, -0.15) is 4.31 Å². The van der Waals surface area contributed by atoms with E-state index in [4.69, 9.17) is 0 Å². The number of amides is 1. The van der Waals surface area contributed by atoms with Crippen LogP contribution in [0.5, 0.6) is 0 Å². The van der Waals surface area contributed by atoms with Gasteiger partial charge in [-0.25, -0.2) is 8.42 Å². The topological polar surface area (TPSA) is 66.5 Å². The molecule has 5 nitrogen and oxygen atoms in total. The number of carbonyl (C=O) groups excluding carboxylic acids is 1. The summed E-state index contributed by atoms with van der Waals surface area (Å²) in [5, 5.41) is 2.98. The van der Waals surface area contributed by atoms with Gasteiger partial charge in [0.1, 0.15) is 0 Å². The Hall–Kier alpha value is -2.00. The van der Waals surface area contributed by atoms with Gasteiger partial charge in [0.2, 0.25) is 15.9 Å². The van der Waals surface area contributed by atoms with Gasteiger partial charge in [-0.05, 0) is 65.9 Å². The fourth-order valence-corrected chi connectivity index (χ4v) is 5.75. The molecular weight excluding hydrogens is 568 g/mol. The van der Waals surface area contributed by atoms with Crippen LogP contribution in [0.4, 0.5) is 5.69 Å². The minimum atomic E-state index is -3.90. The van der Waals surface area contributed by atoms with Crippen LogP contribution < -0.4 is 5.32 Å². The quantitative estimate of drug-likeness (QED) is 0.323. The fourth-order valence-electron chi connectivity index (χ4n) is 3.55. The highest BCUT2D eigenvalue weighted by molar-refractivity contribution is 9.10. The molecule has 1 amide bonds. The number of sulfonamides is 1. The third kappa shape index (κ3) is 6.53. The van der Waals surface area contributed by atoms with E-state index in [0.717, 1.165) is 44.2 Å². The molecule has 0 saturated heterocycles. The SMILES string of the molecule is CCc1cc(Br)cc(CC)c1NC(=O)CN(Cc1ccccc1)S(=O)(=O)c1ccc(Br)cc1. The number of hydrogen-bond acceptors (Lipinski definition) is 3. The van der Waals surface area contributed by atoms with Crippen LogP contribution >= 0.6 is 31.9 Å². The van der Waals surface area contributed by atoms with Crippen LogP contribution in [-0.4, -0.2) is 25.2 Å². The summed E-state index contributed by atoms with van der Waals surface area (Å²) in [6, 6.07) is 19.7. The van der Waals surface area contributed by atoms with Crippen LogP contribution in [0.2, 0.25) is 0 Å². The maximum absolute atomic E-state index is 13.5. The van der Waals surface area contributed by atoms with E-state index < -0.39 is 10.0 Å². The summed E-state index contributed by atoms with van der Waals surface area (Å²) in [4.78, 5) is 13.3. The lowest BCUT2D eigenvalue weighted by Crippen LogP contribution is -2.37. The van der Waals surface area contributed by atoms with E-state index in [0.29, 0.717) is 0 Å². The highest BCUT2D eigenvalue weighted by Crippen LogP contribution is 2.28. The Morgan fingerprint density at radius 3 is 2.00 bits per heavy atom. The number of aryl methyl sites for hydroxylation is 2. The number of benzene rings is 3. The van der Waals surface area contributed by atoms with Gasteiger partial charge in [0.25, 0.3) is 0 Å². The number of nitrogens with one attached hydrogen (secondary N) is 1. The van der Waals surface area contributed by atoms with Crippen molar-refractivity contribution in [3.8, 4) is 0 Å². The van der Waals surface area contributed by atoms with Crippen LogP contribution in [-0.2, 0) is 34.2 Å². The molecule has 0 aliphatic carbocycles. The minimum Gasteiger partial charge on any atom is -0.324 e. The van der Waals surface area contributed by atoms with Crippen LogP contribution in [0.15, 0.2) is 80.6 Å². The zero-order chi connectivity index (χ0) is 24.0. The molecule has 174 valence electrons. The Labute approximate surface area is 212 Å². The number of hydrogen-bond donors (Lipinski definition) is 1. The maximum atomic E-state index is 13.5. The molecule has 0 unspecified atom stereocenters. The molecule has 33 heavy (non-hydrogen) atoms. The monoisotopic (exact) mass is 592 g/mol. The Morgan fingerprint density at radius 1 is 0.879 bits per heavy atom. The lowest BCUT2D eigenvalue weighted by molar-refractivity contribution is -0.116. The van der Waals surface area contributed by atoms with Crippen molar-refractivity contribution in [2.45, 2.75) is 38.1 Å². The van der Waals surface area contributed by atoms with Crippen LogP contribution in [0, 0.1) is 0 Å². The van der Waals surface area contributed by atoms with E-state index >= 15 is 0 Å². The molecule has 3 aromatic carbocycles. The minimum absolute atomic E-state index is 0.0915. The van der Waals surface area contributed by atoms with Crippen molar-refractivity contribution in [1.82, 2.24) is 4.31 Å². The van der Waals surface area contributed by atoms with E-state index in [2.05, 4.69) is 37.2 Å². The van der Waals surface area contributed by atoms with Crippen molar-refractivity contribution < 1.29 is 13.2 Å². The average molecular weight is 594 g/mol. The predicted molar refractivity (Wildman–Crippen MR) is 140 cm³/mol.